The predicted octanol–water partition coefficient (Wildman–Crippen LogP) is 2.91. The van der Waals surface area contributed by atoms with E-state index in [1.54, 1.807) is 25.1 Å². The number of halogens is 2. The number of pyridine rings is 1. The average Bonchev–Trinajstić information content (AvgIpc) is 2.64. The molecule has 3 rings (SSSR count). The minimum absolute atomic E-state index is 0.0968. The smallest absolute Gasteiger partial charge is 0.298 e. The van der Waals surface area contributed by atoms with Gasteiger partial charge in [0.25, 0.3) is 11.7 Å². The van der Waals surface area contributed by atoms with Gasteiger partial charge in [-0.3, -0.25) is 14.5 Å². The lowest BCUT2D eigenvalue weighted by Gasteiger charge is -2.18. The first-order valence-corrected chi connectivity index (χ1v) is 6.63. The minimum atomic E-state index is -0.699. The van der Waals surface area contributed by atoms with Crippen molar-refractivity contribution in [3.63, 3.8) is 0 Å². The second-order valence-electron chi connectivity index (χ2n) is 4.79. The Labute approximate surface area is 125 Å². The minimum Gasteiger partial charge on any atom is -0.298 e. The highest BCUT2D eigenvalue weighted by Gasteiger charge is 2.37. The second-order valence-corrected chi connectivity index (χ2v) is 5.18. The molecule has 1 aromatic carbocycles. The lowest BCUT2D eigenvalue weighted by Crippen LogP contribution is -2.29. The fourth-order valence-corrected chi connectivity index (χ4v) is 2.64. The molecule has 0 aliphatic carbocycles. The molecule has 1 aliphatic rings. The summed E-state index contributed by atoms with van der Waals surface area (Å²) in [6.07, 6.45) is 0. The number of benzene rings is 1. The van der Waals surface area contributed by atoms with Crippen LogP contribution in [0.1, 0.15) is 21.6 Å². The number of fused-ring (bicyclic) bond motifs is 1. The van der Waals surface area contributed by atoms with Crippen molar-refractivity contribution in [2.75, 3.05) is 4.90 Å². The van der Waals surface area contributed by atoms with Gasteiger partial charge in [0.2, 0.25) is 0 Å². The first-order valence-electron chi connectivity index (χ1n) is 6.25. The number of carbonyl (C=O) groups excluding carboxylic acids is 2. The van der Waals surface area contributed by atoms with Gasteiger partial charge in [0.15, 0.2) is 0 Å². The highest BCUT2D eigenvalue weighted by Crippen LogP contribution is 2.34. The van der Waals surface area contributed by atoms with Crippen molar-refractivity contribution in [3.8, 4) is 0 Å². The van der Waals surface area contributed by atoms with Crippen molar-refractivity contribution in [2.45, 2.75) is 13.5 Å². The molecule has 0 atom stereocenters. The summed E-state index contributed by atoms with van der Waals surface area (Å²) in [5, 5.41) is 0.307. The summed E-state index contributed by atoms with van der Waals surface area (Å²) in [5.74, 6) is -1.91. The summed E-state index contributed by atoms with van der Waals surface area (Å²) in [6, 6.07) is 7.43. The fraction of sp³-hybridized carbons (Fsp3) is 0.133. The molecule has 2 aromatic rings. The van der Waals surface area contributed by atoms with Crippen LogP contribution in [0.15, 0.2) is 30.3 Å². The number of aromatic nitrogens is 1. The molecule has 21 heavy (non-hydrogen) atoms. The molecule has 0 unspecified atom stereocenters. The van der Waals surface area contributed by atoms with Crippen molar-refractivity contribution >= 4 is 29.0 Å². The molecule has 0 spiro atoms. The van der Waals surface area contributed by atoms with E-state index in [9.17, 15) is 14.0 Å². The number of aryl methyl sites for hydroxylation is 1. The number of Topliss-reactive ketones (excluding diaryl/α,β-unsaturated/α-hetero) is 1. The van der Waals surface area contributed by atoms with E-state index in [0.717, 1.165) is 6.07 Å². The average molecular weight is 305 g/mol. The van der Waals surface area contributed by atoms with Crippen molar-refractivity contribution in [3.05, 3.63) is 58.1 Å². The monoisotopic (exact) mass is 304 g/mol. The molecule has 1 amide bonds. The van der Waals surface area contributed by atoms with Gasteiger partial charge in [-0.05, 0) is 36.8 Å². The molecule has 0 N–H and O–H groups in total. The van der Waals surface area contributed by atoms with Crippen LogP contribution in [0, 0.1) is 12.7 Å². The fourth-order valence-electron chi connectivity index (χ4n) is 2.46. The van der Waals surface area contributed by atoms with E-state index in [1.807, 2.05) is 0 Å². The zero-order valence-electron chi connectivity index (χ0n) is 11.1. The van der Waals surface area contributed by atoms with Crippen molar-refractivity contribution in [1.29, 1.82) is 0 Å². The van der Waals surface area contributed by atoms with Crippen LogP contribution in [0.2, 0.25) is 5.15 Å². The normalized spacial score (nSPS) is 13.8. The number of ketones is 1. The molecular weight excluding hydrogens is 295 g/mol. The van der Waals surface area contributed by atoms with Crippen molar-refractivity contribution < 1.29 is 14.0 Å². The predicted molar refractivity (Wildman–Crippen MR) is 75.9 cm³/mol. The molecule has 0 saturated carbocycles. The van der Waals surface area contributed by atoms with E-state index >= 15 is 0 Å². The van der Waals surface area contributed by atoms with Gasteiger partial charge in [0, 0.05) is 0 Å². The van der Waals surface area contributed by atoms with E-state index in [2.05, 4.69) is 4.98 Å². The number of hydrogen-bond donors (Lipinski definition) is 0. The lowest BCUT2D eigenvalue weighted by molar-refractivity contribution is -0.114. The molecule has 0 bridgehead atoms. The first kappa shape index (κ1) is 13.7. The Hall–Kier alpha value is -2.27. The van der Waals surface area contributed by atoms with Crippen molar-refractivity contribution in [1.82, 2.24) is 4.98 Å². The van der Waals surface area contributed by atoms with Crippen LogP contribution in [0.3, 0.4) is 0 Å². The van der Waals surface area contributed by atoms with Gasteiger partial charge in [-0.2, -0.15) is 0 Å². The first-order chi connectivity index (χ1) is 9.97. The van der Waals surface area contributed by atoms with E-state index in [1.165, 1.54) is 11.0 Å². The van der Waals surface area contributed by atoms with Gasteiger partial charge in [-0.15, -0.1) is 0 Å². The summed E-state index contributed by atoms with van der Waals surface area (Å²) < 4.78 is 13.4. The zero-order valence-corrected chi connectivity index (χ0v) is 11.8. The van der Waals surface area contributed by atoms with E-state index in [0.29, 0.717) is 22.1 Å². The van der Waals surface area contributed by atoms with Gasteiger partial charge >= 0.3 is 0 Å². The Morgan fingerprint density at radius 2 is 2.05 bits per heavy atom. The van der Waals surface area contributed by atoms with Crippen LogP contribution in [0.4, 0.5) is 10.1 Å². The molecular formula is C15H10ClFN2O2. The topological polar surface area (TPSA) is 50.3 Å². The number of amides is 1. The van der Waals surface area contributed by atoms with Crippen LogP contribution in [0.25, 0.3) is 0 Å². The van der Waals surface area contributed by atoms with E-state index in [4.69, 9.17) is 11.6 Å². The number of rotatable bonds is 2. The van der Waals surface area contributed by atoms with Crippen molar-refractivity contribution in [2.24, 2.45) is 0 Å². The number of carbonyl (C=O) groups is 2. The summed E-state index contributed by atoms with van der Waals surface area (Å²) in [5.41, 5.74) is 1.62. The third kappa shape index (κ3) is 2.29. The molecule has 2 heterocycles. The third-order valence-electron chi connectivity index (χ3n) is 3.31. The Balaban J connectivity index is 2.05. The highest BCUT2D eigenvalue weighted by atomic mass is 35.5. The third-order valence-corrected chi connectivity index (χ3v) is 3.52. The quantitative estimate of drug-likeness (QED) is 0.633. The Morgan fingerprint density at radius 3 is 2.76 bits per heavy atom. The molecule has 0 saturated heterocycles. The molecule has 106 valence electrons. The molecule has 0 radical (unpaired) electrons. The van der Waals surface area contributed by atoms with Gasteiger partial charge in [-0.1, -0.05) is 17.7 Å². The summed E-state index contributed by atoms with van der Waals surface area (Å²) >= 11 is 5.82. The molecule has 1 aliphatic heterocycles. The van der Waals surface area contributed by atoms with Gasteiger partial charge < -0.3 is 0 Å². The van der Waals surface area contributed by atoms with E-state index < -0.39 is 17.5 Å². The zero-order chi connectivity index (χ0) is 15.1. The summed E-state index contributed by atoms with van der Waals surface area (Å²) in [4.78, 5) is 29.5. The standard InChI is InChI=1S/C15H10ClFN2O2/c1-8-5-9(17)6-11-13(8)19(15(21)14(11)20)7-10-3-2-4-12(16)18-10/h2-6H,7H2,1H3. The van der Waals surface area contributed by atoms with Crippen LogP contribution in [-0.2, 0) is 11.3 Å². The van der Waals surface area contributed by atoms with E-state index in [-0.39, 0.29) is 12.1 Å². The van der Waals surface area contributed by atoms with Crippen LogP contribution < -0.4 is 4.90 Å². The Morgan fingerprint density at radius 1 is 1.29 bits per heavy atom. The lowest BCUT2D eigenvalue weighted by atomic mass is 10.1. The van der Waals surface area contributed by atoms with Crippen LogP contribution in [-0.4, -0.2) is 16.7 Å². The van der Waals surface area contributed by atoms with Gasteiger partial charge in [-0.25, -0.2) is 9.37 Å². The van der Waals surface area contributed by atoms with Crippen LogP contribution >= 0.6 is 11.6 Å². The van der Waals surface area contributed by atoms with Gasteiger partial charge in [0.1, 0.15) is 11.0 Å². The SMILES string of the molecule is Cc1cc(F)cc2c1N(Cc1cccc(Cl)n1)C(=O)C2=O. The highest BCUT2D eigenvalue weighted by molar-refractivity contribution is 6.52. The Bertz CT molecular complexity index is 776. The number of nitrogens with zero attached hydrogens (tertiary/aromatic N) is 2. The molecule has 4 nitrogen and oxygen atoms in total. The summed E-state index contributed by atoms with van der Waals surface area (Å²) in [7, 11) is 0. The molecule has 0 fully saturated rings. The maximum absolute atomic E-state index is 13.4. The second kappa shape index (κ2) is 4.93. The maximum atomic E-state index is 13.4. The number of anilines is 1. The number of hydrogen-bond acceptors (Lipinski definition) is 3. The molecule has 1 aromatic heterocycles. The van der Waals surface area contributed by atoms with Crippen LogP contribution in [0.5, 0.6) is 0 Å². The Kier molecular flexibility index (Phi) is 3.22. The maximum Gasteiger partial charge on any atom is 0.299 e. The summed E-state index contributed by atoms with van der Waals surface area (Å²) in [6.45, 7) is 1.77. The van der Waals surface area contributed by atoms with Gasteiger partial charge in [0.05, 0.1) is 23.5 Å². The largest absolute Gasteiger partial charge is 0.299 e. The molecule has 6 heteroatoms.